The maximum atomic E-state index is 8.88. The van der Waals surface area contributed by atoms with Gasteiger partial charge in [0.05, 0.1) is 0 Å². The third-order valence-electron chi connectivity index (χ3n) is 3.80. The molecule has 1 aromatic rings. The van der Waals surface area contributed by atoms with Gasteiger partial charge in [-0.2, -0.15) is 36.4 Å². The average Bonchev–Trinajstić information content (AvgIpc) is 2.60. The molecule has 1 N–H and O–H groups in total. The van der Waals surface area contributed by atoms with E-state index in [1.165, 1.54) is 22.3 Å². The summed E-state index contributed by atoms with van der Waals surface area (Å²) in [5.74, 6) is 0.553. The molecule has 0 fully saturated rings. The molecule has 115 valence electrons. The van der Waals surface area contributed by atoms with Crippen molar-refractivity contribution >= 4 is 0 Å². The Kier molecular flexibility index (Phi) is 16.1. The first-order valence-corrected chi connectivity index (χ1v) is 6.49. The minimum absolute atomic E-state index is 0. The Morgan fingerprint density at radius 1 is 1.00 bits per heavy atom. The summed E-state index contributed by atoms with van der Waals surface area (Å²) in [6.45, 7) is 9.02. The van der Waals surface area contributed by atoms with Crippen LogP contribution in [0.2, 0.25) is 0 Å². The predicted molar refractivity (Wildman–Crippen MR) is 90.0 cm³/mol. The van der Waals surface area contributed by atoms with Crippen LogP contribution < -0.4 is 0 Å². The SMILES string of the molecule is CC1=C(C)C(C)C(CCO)=C1C.[CH3-].[CH3-].[Zr+3].[c-]1ccccc1. The van der Waals surface area contributed by atoms with E-state index in [4.69, 9.17) is 5.11 Å². The third-order valence-corrected chi connectivity index (χ3v) is 3.80. The van der Waals surface area contributed by atoms with Crippen LogP contribution in [0.4, 0.5) is 0 Å². The summed E-state index contributed by atoms with van der Waals surface area (Å²) in [6.07, 6.45) is 0.835. The van der Waals surface area contributed by atoms with Gasteiger partial charge in [-0.1, -0.05) is 18.1 Å². The molecular formula is C19H29OZr. The number of hydrogen-bond donors (Lipinski definition) is 1. The number of rotatable bonds is 2. The van der Waals surface area contributed by atoms with Gasteiger partial charge in [0.2, 0.25) is 0 Å². The summed E-state index contributed by atoms with van der Waals surface area (Å²) < 4.78 is 0. The maximum Gasteiger partial charge on any atom is 3.00 e. The molecule has 0 aromatic heterocycles. The minimum Gasteiger partial charge on any atom is -0.396 e. The van der Waals surface area contributed by atoms with Crippen molar-refractivity contribution in [3.63, 3.8) is 0 Å². The van der Waals surface area contributed by atoms with Crippen molar-refractivity contribution < 1.29 is 31.3 Å². The van der Waals surface area contributed by atoms with Crippen molar-refractivity contribution in [1.29, 1.82) is 0 Å². The summed E-state index contributed by atoms with van der Waals surface area (Å²) in [4.78, 5) is 0. The van der Waals surface area contributed by atoms with Crippen LogP contribution in [-0.4, -0.2) is 11.7 Å². The zero-order valence-electron chi connectivity index (χ0n) is 14.3. The smallest absolute Gasteiger partial charge is 0.396 e. The summed E-state index contributed by atoms with van der Waals surface area (Å²) in [5.41, 5.74) is 5.71. The van der Waals surface area contributed by atoms with Gasteiger partial charge in [0.25, 0.3) is 0 Å². The first kappa shape index (κ1) is 25.5. The Labute approximate surface area is 151 Å². The monoisotopic (exact) mass is 363 g/mol. The molecule has 0 saturated heterocycles. The van der Waals surface area contributed by atoms with Gasteiger partial charge in [0.1, 0.15) is 0 Å². The molecule has 2 rings (SSSR count). The molecule has 0 saturated carbocycles. The van der Waals surface area contributed by atoms with Gasteiger partial charge in [0, 0.05) is 6.61 Å². The van der Waals surface area contributed by atoms with E-state index in [1.54, 1.807) is 0 Å². The van der Waals surface area contributed by atoms with Gasteiger partial charge in [-0.15, -0.1) is 0 Å². The Morgan fingerprint density at radius 3 is 1.76 bits per heavy atom. The molecule has 1 aromatic carbocycles. The van der Waals surface area contributed by atoms with E-state index in [0.29, 0.717) is 5.92 Å². The van der Waals surface area contributed by atoms with Gasteiger partial charge < -0.3 is 20.0 Å². The Balaban J connectivity index is -0.000000312. The Hall–Kier alpha value is -0.457. The fraction of sp³-hybridized carbons (Fsp3) is 0.368. The number of aliphatic hydroxyl groups excluding tert-OH is 1. The molecule has 1 unspecified atom stereocenters. The van der Waals surface area contributed by atoms with Crippen molar-refractivity contribution in [3.05, 3.63) is 73.5 Å². The predicted octanol–water partition coefficient (Wildman–Crippen LogP) is 5.06. The van der Waals surface area contributed by atoms with E-state index < -0.39 is 0 Å². The maximum absolute atomic E-state index is 8.88. The van der Waals surface area contributed by atoms with Gasteiger partial charge in [0.15, 0.2) is 0 Å². The molecule has 0 amide bonds. The van der Waals surface area contributed by atoms with Gasteiger partial charge in [-0.25, -0.2) is 0 Å². The van der Waals surface area contributed by atoms with Crippen LogP contribution in [0.1, 0.15) is 34.1 Å². The summed E-state index contributed by atoms with van der Waals surface area (Å²) in [7, 11) is 0. The van der Waals surface area contributed by atoms with Crippen molar-refractivity contribution in [2.75, 3.05) is 6.61 Å². The van der Waals surface area contributed by atoms with E-state index >= 15 is 0 Å². The summed E-state index contributed by atoms with van der Waals surface area (Å²) in [6, 6.07) is 12.5. The second kappa shape index (κ2) is 13.2. The quantitative estimate of drug-likeness (QED) is 0.728. The number of allylic oxidation sites excluding steroid dienone is 3. The fourth-order valence-corrected chi connectivity index (χ4v) is 2.31. The van der Waals surface area contributed by atoms with Crippen molar-refractivity contribution in [2.24, 2.45) is 5.92 Å². The van der Waals surface area contributed by atoms with Crippen molar-refractivity contribution in [3.8, 4) is 0 Å². The first-order valence-electron chi connectivity index (χ1n) is 6.49. The van der Waals surface area contributed by atoms with Crippen LogP contribution in [0, 0.1) is 26.8 Å². The molecular weight excluding hydrogens is 335 g/mol. The minimum atomic E-state index is 0. The number of benzene rings is 1. The van der Waals surface area contributed by atoms with Gasteiger partial charge in [-0.05, 0) is 44.3 Å². The van der Waals surface area contributed by atoms with Gasteiger partial charge in [-0.3, -0.25) is 0 Å². The van der Waals surface area contributed by atoms with E-state index in [1.807, 2.05) is 30.3 Å². The summed E-state index contributed by atoms with van der Waals surface area (Å²) in [5, 5.41) is 8.88. The molecule has 0 spiro atoms. The molecule has 0 heterocycles. The Morgan fingerprint density at radius 2 is 1.52 bits per heavy atom. The molecule has 0 bridgehead atoms. The van der Waals surface area contributed by atoms with Crippen LogP contribution in [0.15, 0.2) is 52.6 Å². The number of aliphatic hydroxyl groups is 1. The third kappa shape index (κ3) is 7.38. The zero-order chi connectivity index (χ0) is 13.5. The van der Waals surface area contributed by atoms with Crippen LogP contribution >= 0.6 is 0 Å². The van der Waals surface area contributed by atoms with Gasteiger partial charge >= 0.3 is 26.2 Å². The normalized spacial score (nSPS) is 16.1. The second-order valence-corrected chi connectivity index (χ2v) is 4.73. The van der Waals surface area contributed by atoms with Crippen LogP contribution in [0.3, 0.4) is 0 Å². The van der Waals surface area contributed by atoms with Crippen LogP contribution in [-0.2, 0) is 26.2 Å². The molecule has 1 radical (unpaired) electrons. The molecule has 1 aliphatic rings. The second-order valence-electron chi connectivity index (χ2n) is 4.73. The molecule has 1 aliphatic carbocycles. The largest absolute Gasteiger partial charge is 3.00 e. The average molecular weight is 365 g/mol. The van der Waals surface area contributed by atoms with E-state index in [-0.39, 0.29) is 47.7 Å². The number of hydrogen-bond acceptors (Lipinski definition) is 1. The molecule has 21 heavy (non-hydrogen) atoms. The zero-order valence-corrected chi connectivity index (χ0v) is 16.8. The topological polar surface area (TPSA) is 20.2 Å². The fourth-order valence-electron chi connectivity index (χ4n) is 2.31. The standard InChI is InChI=1S/C11H18O.C6H5.2CH3.Zr/c1-7-8(2)10(4)11(5-6-12)9(7)3;1-2-4-6-5-3-1;;;/h9,12H,5-6H2,1-4H3;1-5H;2*1H3;/q;3*-1;+3. The van der Waals surface area contributed by atoms with Crippen LogP contribution in [0.5, 0.6) is 0 Å². The summed E-state index contributed by atoms with van der Waals surface area (Å²) >= 11 is 0. The molecule has 2 heteroatoms. The molecule has 1 nitrogen and oxygen atoms in total. The van der Waals surface area contributed by atoms with Crippen molar-refractivity contribution in [2.45, 2.75) is 34.1 Å². The first-order chi connectivity index (χ1) is 8.59. The van der Waals surface area contributed by atoms with E-state index in [2.05, 4.69) is 33.8 Å². The molecule has 1 atom stereocenters. The van der Waals surface area contributed by atoms with Crippen LogP contribution in [0.25, 0.3) is 0 Å². The van der Waals surface area contributed by atoms with E-state index in [0.717, 1.165) is 6.42 Å². The van der Waals surface area contributed by atoms with Crippen molar-refractivity contribution in [1.82, 2.24) is 0 Å². The Bertz CT molecular complexity index is 405. The molecule has 0 aliphatic heterocycles. The van der Waals surface area contributed by atoms with E-state index in [9.17, 15) is 0 Å².